The third-order valence-corrected chi connectivity index (χ3v) is 3.15. The molecule has 1 aromatic carbocycles. The molecular weight excluding hydrogens is 275 g/mol. The number of hydrogen-bond acceptors (Lipinski definition) is 7. The van der Waals surface area contributed by atoms with Gasteiger partial charge < -0.3 is 36.4 Å². The van der Waals surface area contributed by atoms with E-state index in [4.69, 9.17) is 31.3 Å². The van der Waals surface area contributed by atoms with E-state index in [1.165, 1.54) is 0 Å². The van der Waals surface area contributed by atoms with Crippen LogP contribution in [0, 0.1) is 0 Å². The molecule has 0 bridgehead atoms. The van der Waals surface area contributed by atoms with Crippen molar-refractivity contribution in [1.82, 2.24) is 0 Å². The maximum atomic E-state index is 10.0. The Morgan fingerprint density at radius 3 is 1.95 bits per heavy atom. The third kappa shape index (κ3) is 6.79. The van der Waals surface area contributed by atoms with E-state index >= 15 is 0 Å². The Kier molecular flexibility index (Phi) is 7.15. The van der Waals surface area contributed by atoms with E-state index in [2.05, 4.69) is 0 Å². The maximum Gasteiger partial charge on any atom is 0.631 e. The van der Waals surface area contributed by atoms with Crippen LogP contribution in [0.1, 0.15) is 33.3 Å². The van der Waals surface area contributed by atoms with Gasteiger partial charge in [0.1, 0.15) is 11.4 Å². The van der Waals surface area contributed by atoms with Crippen molar-refractivity contribution in [3.05, 3.63) is 23.8 Å². The normalized spacial score (nSPS) is 11.5. The van der Waals surface area contributed by atoms with Crippen molar-refractivity contribution in [3.63, 3.8) is 0 Å². The van der Waals surface area contributed by atoms with Gasteiger partial charge in [-0.2, -0.15) is 0 Å². The summed E-state index contributed by atoms with van der Waals surface area (Å²) in [5.41, 5.74) is 11.2. The van der Waals surface area contributed by atoms with Gasteiger partial charge in [0.25, 0.3) is 0 Å². The molecule has 120 valence electrons. The molecule has 0 heterocycles. The maximum absolute atomic E-state index is 10.0. The van der Waals surface area contributed by atoms with Gasteiger partial charge in [-0.1, -0.05) is 6.07 Å². The van der Waals surface area contributed by atoms with Crippen LogP contribution in [-0.4, -0.2) is 38.7 Å². The van der Waals surface area contributed by atoms with Crippen molar-refractivity contribution in [1.29, 1.82) is 0 Å². The van der Waals surface area contributed by atoms with Crippen LogP contribution in [0.25, 0.3) is 0 Å². The second-order valence-corrected chi connectivity index (χ2v) is 5.59. The first-order chi connectivity index (χ1) is 9.40. The Morgan fingerprint density at radius 1 is 1.14 bits per heavy atom. The van der Waals surface area contributed by atoms with E-state index in [1.54, 1.807) is 26.0 Å². The number of hydrogen-bond donors (Lipinski definition) is 6. The Morgan fingerprint density at radius 2 is 1.62 bits per heavy atom. The average molecular weight is 300 g/mol. The number of nitrogen functional groups attached to an aromatic ring is 1. The standard InChI is InChI=1S/C13H22N2O2.BH3O3/c1-12(2,16)13(3,4)17-11-6-5-9(8-14)7-10(11)15;2-1(3)4/h5-7,16H,8,14-15H2,1-4H3;2-4H. The fraction of sp³-hybridized carbons (Fsp3) is 0.538. The largest absolute Gasteiger partial charge is 0.631 e. The molecular formula is C13H25BN2O5. The molecule has 21 heavy (non-hydrogen) atoms. The monoisotopic (exact) mass is 300 g/mol. The second-order valence-electron chi connectivity index (χ2n) is 5.59. The van der Waals surface area contributed by atoms with Gasteiger partial charge >= 0.3 is 7.32 Å². The van der Waals surface area contributed by atoms with Gasteiger partial charge in [0, 0.05) is 6.54 Å². The van der Waals surface area contributed by atoms with Gasteiger partial charge in [0.15, 0.2) is 0 Å². The molecule has 0 aromatic heterocycles. The zero-order chi connectivity index (χ0) is 16.8. The summed E-state index contributed by atoms with van der Waals surface area (Å²) in [6, 6.07) is 5.44. The SMILES string of the molecule is CC(C)(O)C(C)(C)Oc1ccc(CN)cc1N.OB(O)O. The molecule has 0 saturated heterocycles. The van der Waals surface area contributed by atoms with Crippen LogP contribution in [0.15, 0.2) is 18.2 Å². The van der Waals surface area contributed by atoms with Crippen LogP contribution in [0.2, 0.25) is 0 Å². The Balaban J connectivity index is 0.000000885. The summed E-state index contributed by atoms with van der Waals surface area (Å²) in [6.45, 7) is 7.50. The lowest BCUT2D eigenvalue weighted by Crippen LogP contribution is -2.49. The van der Waals surface area contributed by atoms with Crippen LogP contribution in [0.3, 0.4) is 0 Å². The number of nitrogens with two attached hydrogens (primary N) is 2. The molecule has 8 N–H and O–H groups in total. The van der Waals surface area contributed by atoms with Crippen LogP contribution < -0.4 is 16.2 Å². The smallest absolute Gasteiger partial charge is 0.483 e. The topological polar surface area (TPSA) is 142 Å². The first kappa shape index (κ1) is 19.7. The van der Waals surface area contributed by atoms with E-state index in [9.17, 15) is 5.11 Å². The summed E-state index contributed by atoms with van der Waals surface area (Å²) in [7, 11) is -2.17. The zero-order valence-electron chi connectivity index (χ0n) is 12.9. The molecule has 0 atom stereocenters. The molecule has 0 unspecified atom stereocenters. The highest BCUT2D eigenvalue weighted by atomic mass is 16.5. The Bertz CT molecular complexity index is 444. The quantitative estimate of drug-likeness (QED) is 0.328. The second kappa shape index (κ2) is 7.62. The highest BCUT2D eigenvalue weighted by molar-refractivity contribution is 6.30. The Labute approximate surface area is 125 Å². The minimum absolute atomic E-state index is 0.444. The van der Waals surface area contributed by atoms with Crippen LogP contribution in [0.5, 0.6) is 5.75 Å². The third-order valence-electron chi connectivity index (χ3n) is 3.15. The summed E-state index contributed by atoms with van der Waals surface area (Å²) < 4.78 is 5.78. The minimum atomic E-state index is -2.17. The van der Waals surface area contributed by atoms with E-state index < -0.39 is 18.5 Å². The lowest BCUT2D eigenvalue weighted by atomic mass is 9.89. The molecule has 7 nitrogen and oxygen atoms in total. The number of rotatable bonds is 4. The Hall–Kier alpha value is -1.32. The van der Waals surface area contributed by atoms with E-state index in [0.29, 0.717) is 18.0 Å². The van der Waals surface area contributed by atoms with Gasteiger partial charge in [-0.05, 0) is 45.4 Å². The van der Waals surface area contributed by atoms with Crippen LogP contribution >= 0.6 is 0 Å². The molecule has 0 fully saturated rings. The summed E-state index contributed by atoms with van der Waals surface area (Å²) in [5, 5.41) is 31.5. The number of ether oxygens (including phenoxy) is 1. The van der Waals surface area contributed by atoms with Crippen molar-refractivity contribution in [2.45, 2.75) is 45.4 Å². The molecule has 0 amide bonds. The van der Waals surface area contributed by atoms with Crippen LogP contribution in [0.4, 0.5) is 5.69 Å². The molecule has 0 radical (unpaired) electrons. The minimum Gasteiger partial charge on any atom is -0.483 e. The molecule has 0 saturated carbocycles. The summed E-state index contributed by atoms with van der Waals surface area (Å²) >= 11 is 0. The molecule has 0 aliphatic carbocycles. The molecule has 0 spiro atoms. The molecule has 8 heteroatoms. The average Bonchev–Trinajstić information content (AvgIpc) is 2.29. The number of benzene rings is 1. The fourth-order valence-corrected chi connectivity index (χ4v) is 1.22. The first-order valence-electron chi connectivity index (χ1n) is 6.44. The highest BCUT2D eigenvalue weighted by Crippen LogP contribution is 2.31. The van der Waals surface area contributed by atoms with Crippen molar-refractivity contribution in [3.8, 4) is 5.75 Å². The lowest BCUT2D eigenvalue weighted by molar-refractivity contribution is -0.0903. The van der Waals surface area contributed by atoms with Gasteiger partial charge in [-0.15, -0.1) is 0 Å². The zero-order valence-corrected chi connectivity index (χ0v) is 12.9. The van der Waals surface area contributed by atoms with E-state index in [1.807, 2.05) is 19.9 Å². The molecule has 0 aliphatic rings. The summed E-state index contributed by atoms with van der Waals surface area (Å²) in [4.78, 5) is 0. The fourth-order valence-electron chi connectivity index (χ4n) is 1.22. The molecule has 0 aliphatic heterocycles. The summed E-state index contributed by atoms with van der Waals surface area (Å²) in [6.07, 6.45) is 0. The predicted molar refractivity (Wildman–Crippen MR) is 82.2 cm³/mol. The number of anilines is 1. The summed E-state index contributed by atoms with van der Waals surface area (Å²) in [5.74, 6) is 0.564. The van der Waals surface area contributed by atoms with Gasteiger partial charge in [0.2, 0.25) is 0 Å². The number of aliphatic hydroxyl groups is 1. The van der Waals surface area contributed by atoms with E-state index in [-0.39, 0.29) is 0 Å². The van der Waals surface area contributed by atoms with Crippen LogP contribution in [-0.2, 0) is 6.54 Å². The lowest BCUT2D eigenvalue weighted by Gasteiger charge is -2.37. The first-order valence-corrected chi connectivity index (χ1v) is 6.44. The van der Waals surface area contributed by atoms with Gasteiger partial charge in [-0.3, -0.25) is 0 Å². The molecule has 1 rings (SSSR count). The van der Waals surface area contributed by atoms with Crippen molar-refractivity contribution < 1.29 is 24.9 Å². The van der Waals surface area contributed by atoms with Crippen molar-refractivity contribution >= 4 is 13.0 Å². The van der Waals surface area contributed by atoms with Crippen molar-refractivity contribution in [2.24, 2.45) is 5.73 Å². The van der Waals surface area contributed by atoms with Gasteiger partial charge in [0.05, 0.1) is 11.3 Å². The predicted octanol–water partition coefficient (Wildman–Crippen LogP) is -0.396. The van der Waals surface area contributed by atoms with Crippen molar-refractivity contribution in [2.75, 3.05) is 5.73 Å². The van der Waals surface area contributed by atoms with Gasteiger partial charge in [-0.25, -0.2) is 0 Å². The molecule has 1 aromatic rings. The van der Waals surface area contributed by atoms with E-state index in [0.717, 1.165) is 5.56 Å². The highest BCUT2D eigenvalue weighted by Gasteiger charge is 2.37.